The molecule has 0 atom stereocenters. The molecule has 0 unspecified atom stereocenters. The Kier molecular flexibility index (Phi) is 4.14. The maximum atomic E-state index is 10.7. The summed E-state index contributed by atoms with van der Waals surface area (Å²) in [7, 11) is 1.69. The molecule has 0 aliphatic heterocycles. The maximum absolute atomic E-state index is 10.7. The van der Waals surface area contributed by atoms with E-state index in [1.54, 1.807) is 13.2 Å². The maximum Gasteiger partial charge on any atom is 0.287 e. The van der Waals surface area contributed by atoms with Gasteiger partial charge in [-0.2, -0.15) is 0 Å². The van der Waals surface area contributed by atoms with Crippen molar-refractivity contribution in [3.8, 4) is 5.75 Å². The second-order valence-corrected chi connectivity index (χ2v) is 5.85. The minimum atomic E-state index is -0.445. The van der Waals surface area contributed by atoms with E-state index in [0.29, 0.717) is 5.82 Å². The van der Waals surface area contributed by atoms with Gasteiger partial charge in [0.15, 0.2) is 0 Å². The number of hydrogen-bond donors (Lipinski definition) is 1. The number of methoxy groups -OCH3 is 1. The zero-order valence-electron chi connectivity index (χ0n) is 13.0. The van der Waals surface area contributed by atoms with Gasteiger partial charge in [-0.15, -0.1) is 0 Å². The molecule has 1 aliphatic carbocycles. The largest absolute Gasteiger partial charge is 0.496 e. The molecule has 23 heavy (non-hydrogen) atoms. The molecular weight excluding hydrogens is 294 g/mol. The molecule has 6 heteroatoms. The third-order valence-electron chi connectivity index (χ3n) is 4.56. The molecule has 0 radical (unpaired) electrons. The lowest BCUT2D eigenvalue weighted by molar-refractivity contribution is -0.385. The van der Waals surface area contributed by atoms with Crippen molar-refractivity contribution in [2.24, 2.45) is 0 Å². The lowest BCUT2D eigenvalue weighted by atomic mass is 9.64. The van der Waals surface area contributed by atoms with Gasteiger partial charge in [-0.3, -0.25) is 10.1 Å². The van der Waals surface area contributed by atoms with Crippen LogP contribution in [0.4, 0.5) is 11.5 Å². The number of nitro groups is 1. The lowest BCUT2D eigenvalue weighted by Crippen LogP contribution is -2.41. The molecule has 1 saturated carbocycles. The second kappa shape index (κ2) is 6.24. The Morgan fingerprint density at radius 1 is 1.30 bits per heavy atom. The molecule has 120 valence electrons. The Labute approximate surface area is 134 Å². The molecule has 0 amide bonds. The van der Waals surface area contributed by atoms with Crippen LogP contribution in [0.1, 0.15) is 24.8 Å². The van der Waals surface area contributed by atoms with E-state index in [1.165, 1.54) is 24.2 Å². The SMILES string of the molecule is COc1ccccc1C1(CNc2ccc([N+](=O)[O-])cn2)CCC1. The molecule has 0 spiro atoms. The van der Waals surface area contributed by atoms with Crippen LogP contribution >= 0.6 is 0 Å². The molecule has 1 aliphatic rings. The van der Waals surface area contributed by atoms with E-state index in [4.69, 9.17) is 4.74 Å². The van der Waals surface area contributed by atoms with E-state index in [0.717, 1.165) is 25.1 Å². The molecular formula is C17H19N3O3. The van der Waals surface area contributed by atoms with Gasteiger partial charge in [0.1, 0.15) is 17.8 Å². The number of benzene rings is 1. The summed E-state index contributed by atoms with van der Waals surface area (Å²) in [5.41, 5.74) is 1.25. The summed E-state index contributed by atoms with van der Waals surface area (Å²) in [6.07, 6.45) is 4.65. The predicted octanol–water partition coefficient (Wildman–Crippen LogP) is 3.53. The number of pyridine rings is 1. The van der Waals surface area contributed by atoms with Gasteiger partial charge in [-0.25, -0.2) is 4.98 Å². The second-order valence-electron chi connectivity index (χ2n) is 5.85. The van der Waals surface area contributed by atoms with E-state index in [-0.39, 0.29) is 11.1 Å². The molecule has 1 fully saturated rings. The Morgan fingerprint density at radius 2 is 2.09 bits per heavy atom. The van der Waals surface area contributed by atoms with Crippen LogP contribution in [-0.2, 0) is 5.41 Å². The van der Waals surface area contributed by atoms with Crippen molar-refractivity contribution in [2.75, 3.05) is 19.0 Å². The van der Waals surface area contributed by atoms with Gasteiger partial charge in [0.25, 0.3) is 5.69 Å². The van der Waals surface area contributed by atoms with Crippen LogP contribution in [0.15, 0.2) is 42.6 Å². The predicted molar refractivity (Wildman–Crippen MR) is 87.9 cm³/mol. The smallest absolute Gasteiger partial charge is 0.287 e. The third kappa shape index (κ3) is 2.97. The molecule has 1 N–H and O–H groups in total. The van der Waals surface area contributed by atoms with Gasteiger partial charge >= 0.3 is 0 Å². The van der Waals surface area contributed by atoms with Crippen molar-refractivity contribution in [1.29, 1.82) is 0 Å². The fraction of sp³-hybridized carbons (Fsp3) is 0.353. The van der Waals surface area contributed by atoms with Gasteiger partial charge in [0, 0.05) is 23.6 Å². The summed E-state index contributed by atoms with van der Waals surface area (Å²) in [5.74, 6) is 1.56. The van der Waals surface area contributed by atoms with E-state index >= 15 is 0 Å². The number of aromatic nitrogens is 1. The van der Waals surface area contributed by atoms with Crippen LogP contribution in [0, 0.1) is 10.1 Å². The average Bonchev–Trinajstić information content (AvgIpc) is 2.54. The third-order valence-corrected chi connectivity index (χ3v) is 4.56. The van der Waals surface area contributed by atoms with Crippen LogP contribution < -0.4 is 10.1 Å². The van der Waals surface area contributed by atoms with Crippen molar-refractivity contribution < 1.29 is 9.66 Å². The van der Waals surface area contributed by atoms with Gasteiger partial charge in [-0.05, 0) is 25.0 Å². The minimum Gasteiger partial charge on any atom is -0.496 e. The summed E-state index contributed by atoms with van der Waals surface area (Å²) in [6, 6.07) is 11.2. The van der Waals surface area contributed by atoms with Crippen molar-refractivity contribution in [2.45, 2.75) is 24.7 Å². The van der Waals surface area contributed by atoms with Crippen molar-refractivity contribution in [3.63, 3.8) is 0 Å². The molecule has 0 saturated heterocycles. The standard InChI is InChI=1S/C17H19N3O3/c1-23-15-6-3-2-5-14(15)17(9-4-10-17)12-19-16-8-7-13(11-18-16)20(21)22/h2-3,5-8,11H,4,9-10,12H2,1H3,(H,18,19). The normalized spacial score (nSPS) is 15.5. The van der Waals surface area contributed by atoms with Crippen LogP contribution in [0.2, 0.25) is 0 Å². The zero-order valence-corrected chi connectivity index (χ0v) is 13.0. The molecule has 1 heterocycles. The van der Waals surface area contributed by atoms with Crippen molar-refractivity contribution >= 4 is 11.5 Å². The van der Waals surface area contributed by atoms with Crippen LogP contribution in [0.5, 0.6) is 5.75 Å². The van der Waals surface area contributed by atoms with Gasteiger partial charge in [0.05, 0.1) is 12.0 Å². The minimum absolute atomic E-state index is 0.00126. The first-order chi connectivity index (χ1) is 11.1. The summed E-state index contributed by atoms with van der Waals surface area (Å²) in [6.45, 7) is 0.734. The highest BCUT2D eigenvalue weighted by molar-refractivity contribution is 5.45. The summed E-state index contributed by atoms with van der Waals surface area (Å²) < 4.78 is 5.50. The number of nitrogens with one attached hydrogen (secondary N) is 1. The fourth-order valence-electron chi connectivity index (χ4n) is 3.09. The van der Waals surface area contributed by atoms with E-state index in [2.05, 4.69) is 16.4 Å². The van der Waals surface area contributed by atoms with Gasteiger partial charge in [-0.1, -0.05) is 24.6 Å². The highest BCUT2D eigenvalue weighted by atomic mass is 16.6. The summed E-state index contributed by atoms with van der Waals surface area (Å²) in [5, 5.41) is 14.0. The molecule has 6 nitrogen and oxygen atoms in total. The first-order valence-electron chi connectivity index (χ1n) is 7.62. The molecule has 0 bridgehead atoms. The average molecular weight is 313 g/mol. The number of ether oxygens (including phenoxy) is 1. The number of anilines is 1. The highest BCUT2D eigenvalue weighted by Crippen LogP contribution is 2.47. The number of para-hydroxylation sites is 1. The Hall–Kier alpha value is -2.63. The molecule has 2 aromatic rings. The van der Waals surface area contributed by atoms with E-state index in [1.807, 2.05) is 18.2 Å². The first-order valence-corrected chi connectivity index (χ1v) is 7.62. The Balaban J connectivity index is 1.76. The highest BCUT2D eigenvalue weighted by Gasteiger charge is 2.40. The molecule has 1 aromatic carbocycles. The Morgan fingerprint density at radius 3 is 2.65 bits per heavy atom. The van der Waals surface area contributed by atoms with Crippen LogP contribution in [0.3, 0.4) is 0 Å². The monoisotopic (exact) mass is 313 g/mol. The van der Waals surface area contributed by atoms with Crippen molar-refractivity contribution in [3.05, 3.63) is 58.3 Å². The number of hydrogen-bond acceptors (Lipinski definition) is 5. The lowest BCUT2D eigenvalue weighted by Gasteiger charge is -2.43. The Bertz CT molecular complexity index is 696. The number of rotatable bonds is 6. The molecule has 3 rings (SSSR count). The van der Waals surface area contributed by atoms with Gasteiger partial charge < -0.3 is 10.1 Å². The summed E-state index contributed by atoms with van der Waals surface area (Å²) >= 11 is 0. The zero-order chi connectivity index (χ0) is 16.3. The van der Waals surface area contributed by atoms with Crippen LogP contribution in [-0.4, -0.2) is 23.6 Å². The first kappa shape index (κ1) is 15.3. The van der Waals surface area contributed by atoms with Gasteiger partial charge in [0.2, 0.25) is 0 Å². The topological polar surface area (TPSA) is 77.3 Å². The molecule has 1 aromatic heterocycles. The summed E-state index contributed by atoms with van der Waals surface area (Å²) in [4.78, 5) is 14.3. The fourth-order valence-corrected chi connectivity index (χ4v) is 3.09. The van der Waals surface area contributed by atoms with E-state index in [9.17, 15) is 10.1 Å². The quantitative estimate of drug-likeness (QED) is 0.652. The van der Waals surface area contributed by atoms with Crippen LogP contribution in [0.25, 0.3) is 0 Å². The van der Waals surface area contributed by atoms with Crippen molar-refractivity contribution in [1.82, 2.24) is 4.98 Å². The van der Waals surface area contributed by atoms with E-state index < -0.39 is 4.92 Å². The number of nitrogens with zero attached hydrogens (tertiary/aromatic N) is 2.